The Balaban J connectivity index is 2.46. The monoisotopic (exact) mass is 315 g/mol. The van der Waals surface area contributed by atoms with Gasteiger partial charge in [-0.2, -0.15) is 0 Å². The molecule has 0 saturated carbocycles. The zero-order valence-electron chi connectivity index (χ0n) is 11.8. The number of carbonyl (C=O) groups is 2. The van der Waals surface area contributed by atoms with Crippen molar-refractivity contribution in [2.45, 2.75) is 11.3 Å². The average Bonchev–Trinajstić information content (AvgIpc) is 2.37. The van der Waals surface area contributed by atoms with Crippen LogP contribution in [0, 0.1) is 0 Å². The first-order chi connectivity index (χ1) is 9.70. The zero-order chi connectivity index (χ0) is 16.0. The van der Waals surface area contributed by atoms with Gasteiger partial charge in [0, 0.05) is 13.3 Å². The Morgan fingerprint density at radius 2 is 1.81 bits per heavy atom. The first kappa shape index (κ1) is 17.0. The fourth-order valence-electron chi connectivity index (χ4n) is 1.52. The molecule has 1 rings (SSSR count). The van der Waals surface area contributed by atoms with E-state index in [1.165, 1.54) is 31.3 Å². The Bertz CT molecular complexity index is 608. The van der Waals surface area contributed by atoms with Gasteiger partial charge < -0.3 is 14.7 Å². The number of benzene rings is 1. The summed E-state index contributed by atoms with van der Waals surface area (Å²) in [5, 5.41) is 8.55. The maximum absolute atomic E-state index is 11.6. The molecule has 0 radical (unpaired) electrons. The molecule has 0 unspecified atom stereocenters. The number of carboxylic acid groups (broad SMARTS) is 1. The van der Waals surface area contributed by atoms with Crippen molar-refractivity contribution >= 4 is 21.7 Å². The van der Waals surface area contributed by atoms with Crippen molar-refractivity contribution in [2.75, 3.05) is 26.5 Å². The van der Waals surface area contributed by atoms with Crippen molar-refractivity contribution < 1.29 is 27.9 Å². The predicted molar refractivity (Wildman–Crippen MR) is 74.9 cm³/mol. The van der Waals surface area contributed by atoms with Gasteiger partial charge in [-0.15, -0.1) is 0 Å². The number of nitrogens with zero attached hydrogens (tertiary/aromatic N) is 1. The minimum Gasteiger partial charge on any atom is -0.493 e. The second-order valence-electron chi connectivity index (χ2n) is 4.49. The maximum atomic E-state index is 11.6. The van der Waals surface area contributed by atoms with Crippen LogP contribution in [0.4, 0.5) is 0 Å². The van der Waals surface area contributed by atoms with E-state index in [0.29, 0.717) is 5.75 Å². The summed E-state index contributed by atoms with van der Waals surface area (Å²) in [5.74, 6) is -0.982. The van der Waals surface area contributed by atoms with Crippen LogP contribution in [-0.2, 0) is 19.4 Å². The summed E-state index contributed by atoms with van der Waals surface area (Å²) in [6, 6.07) is 5.84. The molecule has 0 fully saturated rings. The molecule has 7 nitrogen and oxygen atoms in total. The first-order valence-electron chi connectivity index (χ1n) is 6.09. The lowest BCUT2D eigenvalue weighted by molar-refractivity contribution is -0.143. The highest BCUT2D eigenvalue weighted by Crippen LogP contribution is 2.15. The third kappa shape index (κ3) is 5.82. The van der Waals surface area contributed by atoms with E-state index in [4.69, 9.17) is 9.84 Å². The number of hydrogen-bond acceptors (Lipinski definition) is 5. The molecular formula is C13H17NO6S. The quantitative estimate of drug-likeness (QED) is 0.781. The molecule has 0 aliphatic carbocycles. The maximum Gasteiger partial charge on any atom is 0.323 e. The van der Waals surface area contributed by atoms with Gasteiger partial charge in [-0.25, -0.2) is 8.42 Å². The third-order valence-electron chi connectivity index (χ3n) is 2.63. The van der Waals surface area contributed by atoms with Crippen molar-refractivity contribution in [3.8, 4) is 5.75 Å². The Morgan fingerprint density at radius 3 is 2.29 bits per heavy atom. The van der Waals surface area contributed by atoms with Crippen LogP contribution in [0.15, 0.2) is 29.2 Å². The van der Waals surface area contributed by atoms with Gasteiger partial charge in [0.05, 0.1) is 17.9 Å². The Labute approximate surface area is 123 Å². The number of hydrogen-bond donors (Lipinski definition) is 1. The molecule has 0 heterocycles. The van der Waals surface area contributed by atoms with E-state index in [1.54, 1.807) is 0 Å². The summed E-state index contributed by atoms with van der Waals surface area (Å²) in [6.07, 6.45) is 1.15. The molecule has 0 atom stereocenters. The van der Waals surface area contributed by atoms with Gasteiger partial charge in [0.1, 0.15) is 12.3 Å². The molecule has 21 heavy (non-hydrogen) atoms. The summed E-state index contributed by atoms with van der Waals surface area (Å²) >= 11 is 0. The standard InChI is InChI=1S/C13H17NO6S/c1-14(9-13(16)17)12(15)7-8-20-10-3-5-11(6-4-10)21(2,18)19/h3-6H,7-9H2,1-2H3,(H,16,17). The van der Waals surface area contributed by atoms with Crippen LogP contribution in [0.5, 0.6) is 5.75 Å². The molecule has 116 valence electrons. The van der Waals surface area contributed by atoms with Crippen LogP contribution >= 0.6 is 0 Å². The van der Waals surface area contributed by atoms with Crippen LogP contribution in [-0.4, -0.2) is 56.8 Å². The lowest BCUT2D eigenvalue weighted by Gasteiger charge is -2.14. The molecule has 1 aromatic carbocycles. The van der Waals surface area contributed by atoms with Crippen LogP contribution in [0.2, 0.25) is 0 Å². The Kier molecular flexibility index (Phi) is 5.71. The van der Waals surface area contributed by atoms with E-state index in [1.807, 2.05) is 0 Å². The van der Waals surface area contributed by atoms with Crippen molar-refractivity contribution in [1.82, 2.24) is 4.90 Å². The van der Waals surface area contributed by atoms with Crippen LogP contribution < -0.4 is 4.74 Å². The SMILES string of the molecule is CN(CC(=O)O)C(=O)CCOc1ccc(S(C)(=O)=O)cc1. The average molecular weight is 315 g/mol. The van der Waals surface area contributed by atoms with Gasteiger partial charge in [0.15, 0.2) is 9.84 Å². The number of aliphatic carboxylic acids is 1. The van der Waals surface area contributed by atoms with Crippen molar-refractivity contribution in [3.63, 3.8) is 0 Å². The number of likely N-dealkylation sites (N-methyl/N-ethyl adjacent to an activating group) is 1. The van der Waals surface area contributed by atoms with E-state index < -0.39 is 15.8 Å². The second kappa shape index (κ2) is 7.07. The van der Waals surface area contributed by atoms with Crippen molar-refractivity contribution in [2.24, 2.45) is 0 Å². The molecule has 0 bridgehead atoms. The molecule has 0 spiro atoms. The van der Waals surface area contributed by atoms with E-state index in [0.717, 1.165) is 11.2 Å². The predicted octanol–water partition coefficient (Wildman–Crippen LogP) is 0.402. The summed E-state index contributed by atoms with van der Waals surface area (Å²) in [4.78, 5) is 23.3. The fourth-order valence-corrected chi connectivity index (χ4v) is 2.15. The normalized spacial score (nSPS) is 11.0. The molecular weight excluding hydrogens is 298 g/mol. The topological polar surface area (TPSA) is 101 Å². The molecule has 1 aromatic rings. The number of rotatable bonds is 7. The second-order valence-corrected chi connectivity index (χ2v) is 6.50. The van der Waals surface area contributed by atoms with Crippen molar-refractivity contribution in [1.29, 1.82) is 0 Å². The highest BCUT2D eigenvalue weighted by atomic mass is 32.2. The van der Waals surface area contributed by atoms with Gasteiger partial charge in [0.2, 0.25) is 5.91 Å². The highest BCUT2D eigenvalue weighted by Gasteiger charge is 2.12. The molecule has 0 aliphatic heterocycles. The number of sulfone groups is 1. The summed E-state index contributed by atoms with van der Waals surface area (Å²) in [5.41, 5.74) is 0. The molecule has 0 aromatic heterocycles. The largest absolute Gasteiger partial charge is 0.493 e. The lowest BCUT2D eigenvalue weighted by atomic mass is 10.3. The summed E-state index contributed by atoms with van der Waals surface area (Å²) < 4.78 is 27.9. The Hall–Kier alpha value is -2.09. The van der Waals surface area contributed by atoms with Crippen LogP contribution in [0.25, 0.3) is 0 Å². The molecule has 1 amide bonds. The highest BCUT2D eigenvalue weighted by molar-refractivity contribution is 7.90. The fraction of sp³-hybridized carbons (Fsp3) is 0.385. The van der Waals surface area contributed by atoms with E-state index in [9.17, 15) is 18.0 Å². The zero-order valence-corrected chi connectivity index (χ0v) is 12.6. The van der Waals surface area contributed by atoms with Gasteiger partial charge in [-0.1, -0.05) is 0 Å². The van der Waals surface area contributed by atoms with Crippen LogP contribution in [0.1, 0.15) is 6.42 Å². The van der Waals surface area contributed by atoms with Crippen molar-refractivity contribution in [3.05, 3.63) is 24.3 Å². The number of ether oxygens (including phenoxy) is 1. The number of amides is 1. The Morgan fingerprint density at radius 1 is 1.24 bits per heavy atom. The van der Waals surface area contributed by atoms with Gasteiger partial charge in [-0.3, -0.25) is 9.59 Å². The smallest absolute Gasteiger partial charge is 0.323 e. The van der Waals surface area contributed by atoms with Gasteiger partial charge in [0.25, 0.3) is 0 Å². The van der Waals surface area contributed by atoms with E-state index >= 15 is 0 Å². The molecule has 0 saturated heterocycles. The van der Waals surface area contributed by atoms with Gasteiger partial charge in [-0.05, 0) is 24.3 Å². The van der Waals surface area contributed by atoms with Gasteiger partial charge >= 0.3 is 5.97 Å². The summed E-state index contributed by atoms with van der Waals surface area (Å²) in [6.45, 7) is -0.275. The summed E-state index contributed by atoms with van der Waals surface area (Å²) in [7, 11) is -1.85. The van der Waals surface area contributed by atoms with Crippen LogP contribution in [0.3, 0.4) is 0 Å². The number of carbonyl (C=O) groups excluding carboxylic acids is 1. The molecule has 1 N–H and O–H groups in total. The first-order valence-corrected chi connectivity index (χ1v) is 7.98. The minimum absolute atomic E-state index is 0.0393. The number of carboxylic acids is 1. The minimum atomic E-state index is -3.25. The van der Waals surface area contributed by atoms with E-state index in [2.05, 4.69) is 0 Å². The van der Waals surface area contributed by atoms with E-state index in [-0.39, 0.29) is 30.4 Å². The molecule has 8 heteroatoms. The third-order valence-corrected chi connectivity index (χ3v) is 3.76. The molecule has 0 aliphatic rings. The lowest BCUT2D eigenvalue weighted by Crippen LogP contribution is -2.32.